The average molecular weight is 237 g/mol. The molecule has 1 N–H and O–H groups in total. The summed E-state index contributed by atoms with van der Waals surface area (Å²) in [5.41, 5.74) is 0. The Hall–Kier alpha value is 0.0700. The summed E-state index contributed by atoms with van der Waals surface area (Å²) < 4.78 is 5.92. The van der Waals surface area contributed by atoms with E-state index in [2.05, 4.69) is 28.6 Å². The molecule has 0 aliphatic heterocycles. The second-order valence-corrected chi connectivity index (χ2v) is 3.35. The van der Waals surface area contributed by atoms with Crippen molar-refractivity contribution in [1.29, 1.82) is 0 Å². The third-order valence-corrected chi connectivity index (χ3v) is 2.30. The summed E-state index contributed by atoms with van der Waals surface area (Å²) in [4.78, 5) is 0. The fourth-order valence-corrected chi connectivity index (χ4v) is 1.40. The molecule has 11 heavy (non-hydrogen) atoms. The summed E-state index contributed by atoms with van der Waals surface area (Å²) in [6.45, 7) is 0.0729. The van der Waals surface area contributed by atoms with Crippen LogP contribution >= 0.6 is 28.6 Å². The molecule has 4 heteroatoms. The van der Waals surface area contributed by atoms with Crippen LogP contribution in [0.25, 0.3) is 0 Å². The van der Waals surface area contributed by atoms with Gasteiger partial charge in [-0.3, -0.25) is 0 Å². The van der Waals surface area contributed by atoms with E-state index in [1.807, 2.05) is 6.07 Å². The molecule has 0 fully saturated rings. The van der Waals surface area contributed by atoms with Crippen LogP contribution in [0.3, 0.4) is 0 Å². The summed E-state index contributed by atoms with van der Waals surface area (Å²) in [5.74, 6) is 1.37. The number of furan rings is 1. The predicted octanol–water partition coefficient (Wildman–Crippen LogP) is 2.05. The first kappa shape index (κ1) is 9.16. The van der Waals surface area contributed by atoms with Crippen LogP contribution in [0, 0.1) is 0 Å². The van der Waals surface area contributed by atoms with Crippen LogP contribution in [0.15, 0.2) is 21.2 Å². The molecule has 2 nitrogen and oxygen atoms in total. The molecule has 1 unspecified atom stereocenters. The molecule has 0 spiro atoms. The molecule has 0 aromatic carbocycles. The standard InChI is InChI=1S/C7H9BrO2S/c8-7-2-1-6(10-7)5(3-9)4-11/h1-2,5,9,11H,3-4H2. The van der Waals surface area contributed by atoms with Crippen LogP contribution in [0.4, 0.5) is 0 Å². The monoisotopic (exact) mass is 236 g/mol. The van der Waals surface area contributed by atoms with Gasteiger partial charge < -0.3 is 9.52 Å². The Morgan fingerprint density at radius 2 is 2.36 bits per heavy atom. The van der Waals surface area contributed by atoms with Crippen molar-refractivity contribution in [1.82, 2.24) is 0 Å². The van der Waals surface area contributed by atoms with Crippen LogP contribution in [0.5, 0.6) is 0 Å². The van der Waals surface area contributed by atoms with Gasteiger partial charge in [0.2, 0.25) is 0 Å². The van der Waals surface area contributed by atoms with Crippen molar-refractivity contribution in [2.24, 2.45) is 0 Å². The number of thiol groups is 1. The summed E-state index contributed by atoms with van der Waals surface area (Å²) in [7, 11) is 0. The van der Waals surface area contributed by atoms with E-state index in [1.165, 1.54) is 0 Å². The van der Waals surface area contributed by atoms with Gasteiger partial charge in [-0.1, -0.05) is 0 Å². The summed E-state index contributed by atoms with van der Waals surface area (Å²) in [6, 6.07) is 3.64. The minimum atomic E-state index is 0.00429. The van der Waals surface area contributed by atoms with Crippen molar-refractivity contribution in [2.45, 2.75) is 5.92 Å². The molecular weight excluding hydrogens is 228 g/mol. The second kappa shape index (κ2) is 4.18. The van der Waals surface area contributed by atoms with Gasteiger partial charge in [-0.25, -0.2) is 0 Å². The van der Waals surface area contributed by atoms with E-state index in [9.17, 15) is 0 Å². The summed E-state index contributed by atoms with van der Waals surface area (Å²) in [6.07, 6.45) is 0. The number of hydrogen-bond donors (Lipinski definition) is 2. The number of hydrogen-bond acceptors (Lipinski definition) is 3. The largest absolute Gasteiger partial charge is 0.454 e. The molecule has 1 heterocycles. The first-order valence-electron chi connectivity index (χ1n) is 3.25. The lowest BCUT2D eigenvalue weighted by atomic mass is 10.1. The Kier molecular flexibility index (Phi) is 3.48. The van der Waals surface area contributed by atoms with Gasteiger partial charge in [-0.2, -0.15) is 12.6 Å². The number of aliphatic hydroxyl groups excluding tert-OH is 1. The van der Waals surface area contributed by atoms with Gasteiger partial charge in [-0.05, 0) is 28.1 Å². The molecule has 1 aromatic rings. The fraction of sp³-hybridized carbons (Fsp3) is 0.429. The van der Waals surface area contributed by atoms with Crippen molar-refractivity contribution in [3.05, 3.63) is 22.6 Å². The zero-order valence-corrected chi connectivity index (χ0v) is 8.31. The Morgan fingerprint density at radius 3 is 2.73 bits per heavy atom. The molecule has 1 atom stereocenters. The van der Waals surface area contributed by atoms with Crippen LogP contribution in [-0.4, -0.2) is 17.5 Å². The second-order valence-electron chi connectivity index (χ2n) is 2.20. The van der Waals surface area contributed by atoms with Crippen LogP contribution < -0.4 is 0 Å². The van der Waals surface area contributed by atoms with Crippen molar-refractivity contribution in [3.8, 4) is 0 Å². The number of halogens is 1. The molecule has 0 radical (unpaired) electrons. The SMILES string of the molecule is OCC(CS)c1ccc(Br)o1. The quantitative estimate of drug-likeness (QED) is 0.789. The smallest absolute Gasteiger partial charge is 0.169 e. The molecule has 1 rings (SSSR count). The molecule has 62 valence electrons. The maximum atomic E-state index is 8.86. The highest BCUT2D eigenvalue weighted by molar-refractivity contribution is 9.10. The number of aliphatic hydroxyl groups is 1. The molecule has 0 saturated carbocycles. The van der Waals surface area contributed by atoms with E-state index in [0.717, 1.165) is 5.76 Å². The molecule has 0 amide bonds. The number of rotatable bonds is 3. The third kappa shape index (κ3) is 2.25. The minimum absolute atomic E-state index is 0.00429. The topological polar surface area (TPSA) is 33.4 Å². The zero-order valence-electron chi connectivity index (χ0n) is 5.83. The lowest BCUT2D eigenvalue weighted by Gasteiger charge is -2.05. The van der Waals surface area contributed by atoms with Gasteiger partial charge in [0.1, 0.15) is 5.76 Å². The molecule has 0 bridgehead atoms. The van der Waals surface area contributed by atoms with E-state index >= 15 is 0 Å². The zero-order chi connectivity index (χ0) is 8.27. The van der Waals surface area contributed by atoms with Crippen LogP contribution in [0.1, 0.15) is 11.7 Å². The van der Waals surface area contributed by atoms with E-state index in [1.54, 1.807) is 6.07 Å². The first-order valence-corrected chi connectivity index (χ1v) is 4.67. The van der Waals surface area contributed by atoms with Crippen molar-refractivity contribution < 1.29 is 9.52 Å². The van der Waals surface area contributed by atoms with Gasteiger partial charge in [0.15, 0.2) is 4.67 Å². The highest BCUT2D eigenvalue weighted by Gasteiger charge is 2.11. The van der Waals surface area contributed by atoms with Gasteiger partial charge in [0.05, 0.1) is 6.61 Å². The Labute approximate surface area is 79.1 Å². The lowest BCUT2D eigenvalue weighted by Crippen LogP contribution is -2.03. The Morgan fingerprint density at radius 1 is 1.64 bits per heavy atom. The molecular formula is C7H9BrO2S. The minimum Gasteiger partial charge on any atom is -0.454 e. The maximum Gasteiger partial charge on any atom is 0.169 e. The first-order chi connectivity index (χ1) is 5.27. The van der Waals surface area contributed by atoms with Crippen molar-refractivity contribution in [3.63, 3.8) is 0 Å². The maximum absolute atomic E-state index is 8.86. The van der Waals surface area contributed by atoms with Crippen molar-refractivity contribution in [2.75, 3.05) is 12.4 Å². The fourth-order valence-electron chi connectivity index (χ4n) is 0.785. The molecule has 0 aliphatic rings. The van der Waals surface area contributed by atoms with Crippen LogP contribution in [-0.2, 0) is 0 Å². The highest BCUT2D eigenvalue weighted by atomic mass is 79.9. The molecule has 1 aromatic heterocycles. The van der Waals surface area contributed by atoms with E-state index in [0.29, 0.717) is 10.4 Å². The summed E-state index contributed by atoms with van der Waals surface area (Å²) >= 11 is 7.27. The van der Waals surface area contributed by atoms with Gasteiger partial charge in [-0.15, -0.1) is 0 Å². The van der Waals surface area contributed by atoms with Gasteiger partial charge in [0, 0.05) is 11.7 Å². The highest BCUT2D eigenvalue weighted by Crippen LogP contribution is 2.22. The van der Waals surface area contributed by atoms with Gasteiger partial charge in [0.25, 0.3) is 0 Å². The predicted molar refractivity (Wildman–Crippen MR) is 50.1 cm³/mol. The Bertz CT molecular complexity index is 220. The molecule has 0 saturated heterocycles. The van der Waals surface area contributed by atoms with E-state index in [4.69, 9.17) is 9.52 Å². The molecule has 0 aliphatic carbocycles. The summed E-state index contributed by atoms with van der Waals surface area (Å²) in [5, 5.41) is 8.86. The third-order valence-electron chi connectivity index (χ3n) is 1.44. The van der Waals surface area contributed by atoms with E-state index in [-0.39, 0.29) is 12.5 Å². The van der Waals surface area contributed by atoms with Crippen LogP contribution in [0.2, 0.25) is 0 Å². The normalized spacial score (nSPS) is 13.4. The lowest BCUT2D eigenvalue weighted by molar-refractivity contribution is 0.258. The Balaban J connectivity index is 2.73. The van der Waals surface area contributed by atoms with E-state index < -0.39 is 0 Å². The van der Waals surface area contributed by atoms with Gasteiger partial charge >= 0.3 is 0 Å². The van der Waals surface area contributed by atoms with Crippen molar-refractivity contribution >= 4 is 28.6 Å². The average Bonchev–Trinajstić information content (AvgIpc) is 2.39.